The Balaban J connectivity index is 1.84. The highest BCUT2D eigenvalue weighted by Gasteiger charge is 2.32. The second-order valence-electron chi connectivity index (χ2n) is 4.63. The second-order valence-corrected chi connectivity index (χ2v) is 5.70. The fourth-order valence-electron chi connectivity index (χ4n) is 2.17. The summed E-state index contributed by atoms with van der Waals surface area (Å²) in [5, 5.41) is 13.9. The lowest BCUT2D eigenvalue weighted by molar-refractivity contribution is 0.164. The molecule has 5 nitrogen and oxygen atoms in total. The summed E-state index contributed by atoms with van der Waals surface area (Å²) >= 11 is 1.70. The molecule has 1 fully saturated rings. The van der Waals surface area contributed by atoms with Crippen LogP contribution in [0.3, 0.4) is 0 Å². The van der Waals surface area contributed by atoms with Gasteiger partial charge in [-0.25, -0.2) is 0 Å². The number of benzene rings is 1. The molecule has 0 spiro atoms. The van der Waals surface area contributed by atoms with Gasteiger partial charge in [-0.3, -0.25) is 0 Å². The zero-order valence-corrected chi connectivity index (χ0v) is 12.0. The number of thioether (sulfide) groups is 1. The Labute approximate surface area is 121 Å². The molecule has 2 heterocycles. The molecule has 6 heteroatoms. The zero-order valence-electron chi connectivity index (χ0n) is 11.2. The van der Waals surface area contributed by atoms with E-state index in [4.69, 9.17) is 9.26 Å². The van der Waals surface area contributed by atoms with Crippen molar-refractivity contribution < 1.29 is 14.4 Å². The maximum absolute atomic E-state index is 9.87. The van der Waals surface area contributed by atoms with Crippen LogP contribution in [0.1, 0.15) is 18.7 Å². The van der Waals surface area contributed by atoms with Crippen molar-refractivity contribution in [2.75, 3.05) is 18.1 Å². The number of aliphatic hydroxyl groups is 1. The average molecular weight is 292 g/mol. The Morgan fingerprint density at radius 3 is 3.10 bits per heavy atom. The number of rotatable bonds is 4. The Hall–Kier alpha value is -1.53. The molecule has 3 rings (SSSR count). The SMILES string of the molecule is CCOc1cccc(-c2noc(C3CSCC3O)n2)c1. The molecule has 1 aromatic heterocycles. The van der Waals surface area contributed by atoms with Gasteiger partial charge in [-0.1, -0.05) is 17.3 Å². The third kappa shape index (κ3) is 2.66. The van der Waals surface area contributed by atoms with Crippen molar-refractivity contribution in [3.05, 3.63) is 30.2 Å². The van der Waals surface area contributed by atoms with Crippen molar-refractivity contribution in [2.24, 2.45) is 0 Å². The van der Waals surface area contributed by atoms with Crippen molar-refractivity contribution in [3.8, 4) is 17.1 Å². The third-order valence-corrected chi connectivity index (χ3v) is 4.38. The molecule has 1 aliphatic rings. The van der Waals surface area contributed by atoms with Gasteiger partial charge in [0.05, 0.1) is 18.6 Å². The highest BCUT2D eigenvalue weighted by Crippen LogP contribution is 2.33. The average Bonchev–Trinajstić information content (AvgIpc) is 3.08. The first kappa shape index (κ1) is 13.5. The summed E-state index contributed by atoms with van der Waals surface area (Å²) < 4.78 is 10.8. The van der Waals surface area contributed by atoms with Crippen molar-refractivity contribution in [3.63, 3.8) is 0 Å². The summed E-state index contributed by atoms with van der Waals surface area (Å²) in [6.45, 7) is 2.56. The zero-order chi connectivity index (χ0) is 13.9. The van der Waals surface area contributed by atoms with Crippen LogP contribution in [0.4, 0.5) is 0 Å². The molecule has 1 saturated heterocycles. The third-order valence-electron chi connectivity index (χ3n) is 3.21. The lowest BCUT2D eigenvalue weighted by Gasteiger charge is -2.06. The highest BCUT2D eigenvalue weighted by atomic mass is 32.2. The Morgan fingerprint density at radius 2 is 2.35 bits per heavy atom. The van der Waals surface area contributed by atoms with E-state index in [1.807, 2.05) is 31.2 Å². The van der Waals surface area contributed by atoms with Gasteiger partial charge in [0, 0.05) is 17.1 Å². The fraction of sp³-hybridized carbons (Fsp3) is 0.429. The predicted octanol–water partition coefficient (Wildman–Crippen LogP) is 2.33. The van der Waals surface area contributed by atoms with Crippen LogP contribution in [0.25, 0.3) is 11.4 Å². The van der Waals surface area contributed by atoms with Gasteiger partial charge in [-0.2, -0.15) is 16.7 Å². The van der Waals surface area contributed by atoms with E-state index in [-0.39, 0.29) is 5.92 Å². The molecule has 20 heavy (non-hydrogen) atoms. The van der Waals surface area contributed by atoms with Gasteiger partial charge < -0.3 is 14.4 Å². The summed E-state index contributed by atoms with van der Waals surface area (Å²) in [6.07, 6.45) is -0.400. The number of nitrogens with zero attached hydrogens (tertiary/aromatic N) is 2. The molecule has 1 N–H and O–H groups in total. The minimum Gasteiger partial charge on any atom is -0.494 e. The van der Waals surface area contributed by atoms with Gasteiger partial charge in [0.25, 0.3) is 0 Å². The van der Waals surface area contributed by atoms with E-state index in [1.165, 1.54) is 0 Å². The van der Waals surface area contributed by atoms with E-state index in [0.717, 1.165) is 22.8 Å². The summed E-state index contributed by atoms with van der Waals surface area (Å²) in [4.78, 5) is 4.41. The van der Waals surface area contributed by atoms with E-state index in [0.29, 0.717) is 18.3 Å². The van der Waals surface area contributed by atoms with Gasteiger partial charge in [-0.05, 0) is 19.1 Å². The van der Waals surface area contributed by atoms with E-state index >= 15 is 0 Å². The first-order valence-corrected chi connectivity index (χ1v) is 7.76. The van der Waals surface area contributed by atoms with E-state index in [2.05, 4.69) is 10.1 Å². The molecule has 0 saturated carbocycles. The van der Waals surface area contributed by atoms with Gasteiger partial charge in [-0.15, -0.1) is 0 Å². The van der Waals surface area contributed by atoms with Crippen LogP contribution in [0, 0.1) is 0 Å². The Morgan fingerprint density at radius 1 is 1.45 bits per heavy atom. The van der Waals surface area contributed by atoms with Crippen LogP contribution in [-0.2, 0) is 0 Å². The maximum atomic E-state index is 9.87. The monoisotopic (exact) mass is 292 g/mol. The number of hydrogen-bond donors (Lipinski definition) is 1. The summed E-state index contributed by atoms with van der Waals surface area (Å²) in [5.41, 5.74) is 0.853. The van der Waals surface area contributed by atoms with Crippen LogP contribution in [-0.4, -0.2) is 39.5 Å². The lowest BCUT2D eigenvalue weighted by atomic mass is 10.1. The quantitative estimate of drug-likeness (QED) is 0.932. The first-order valence-electron chi connectivity index (χ1n) is 6.60. The topological polar surface area (TPSA) is 68.4 Å². The molecular formula is C14H16N2O3S. The molecule has 0 radical (unpaired) electrons. The standard InChI is InChI=1S/C14H16N2O3S/c1-2-18-10-5-3-4-9(6-10)13-15-14(19-16-13)11-7-20-8-12(11)17/h3-6,11-12,17H,2,7-8H2,1H3. The van der Waals surface area contributed by atoms with Gasteiger partial charge in [0.15, 0.2) is 0 Å². The first-order chi connectivity index (χ1) is 9.78. The van der Waals surface area contributed by atoms with E-state index in [1.54, 1.807) is 11.8 Å². The predicted molar refractivity (Wildman–Crippen MR) is 77.0 cm³/mol. The second kappa shape index (κ2) is 5.85. The van der Waals surface area contributed by atoms with Crippen molar-refractivity contribution >= 4 is 11.8 Å². The molecule has 0 aliphatic carbocycles. The molecular weight excluding hydrogens is 276 g/mol. The molecule has 1 aliphatic heterocycles. The van der Waals surface area contributed by atoms with Gasteiger partial charge >= 0.3 is 0 Å². The number of aromatic nitrogens is 2. The molecule has 0 bridgehead atoms. The number of hydrogen-bond acceptors (Lipinski definition) is 6. The van der Waals surface area contributed by atoms with E-state index in [9.17, 15) is 5.11 Å². The number of ether oxygens (including phenoxy) is 1. The summed E-state index contributed by atoms with van der Waals surface area (Å²) in [5.74, 6) is 3.32. The van der Waals surface area contributed by atoms with E-state index < -0.39 is 6.10 Å². The summed E-state index contributed by atoms with van der Waals surface area (Å²) in [6, 6.07) is 7.59. The van der Waals surface area contributed by atoms with Crippen molar-refractivity contribution in [1.29, 1.82) is 0 Å². The summed E-state index contributed by atoms with van der Waals surface area (Å²) in [7, 11) is 0. The highest BCUT2D eigenvalue weighted by molar-refractivity contribution is 7.99. The molecule has 106 valence electrons. The Kier molecular flexibility index (Phi) is 3.93. The molecule has 1 aromatic carbocycles. The van der Waals surface area contributed by atoms with Crippen LogP contribution < -0.4 is 4.74 Å². The van der Waals surface area contributed by atoms with Crippen LogP contribution in [0.15, 0.2) is 28.8 Å². The van der Waals surface area contributed by atoms with Crippen LogP contribution in [0.5, 0.6) is 5.75 Å². The fourth-order valence-corrected chi connectivity index (χ4v) is 3.40. The molecule has 2 aromatic rings. The molecule has 2 unspecified atom stereocenters. The number of aliphatic hydroxyl groups excluding tert-OH is 1. The lowest BCUT2D eigenvalue weighted by Crippen LogP contribution is -2.15. The maximum Gasteiger partial charge on any atom is 0.233 e. The minimum absolute atomic E-state index is 0.0590. The minimum atomic E-state index is -0.400. The normalized spacial score (nSPS) is 22.1. The van der Waals surface area contributed by atoms with Gasteiger partial charge in [0.1, 0.15) is 5.75 Å². The smallest absolute Gasteiger partial charge is 0.233 e. The largest absolute Gasteiger partial charge is 0.494 e. The van der Waals surface area contributed by atoms with Gasteiger partial charge in [0.2, 0.25) is 11.7 Å². The molecule has 2 atom stereocenters. The van der Waals surface area contributed by atoms with Crippen molar-refractivity contribution in [1.82, 2.24) is 10.1 Å². The van der Waals surface area contributed by atoms with Crippen LogP contribution in [0.2, 0.25) is 0 Å². The molecule has 0 amide bonds. The Bertz CT molecular complexity index is 587. The van der Waals surface area contributed by atoms with Crippen molar-refractivity contribution in [2.45, 2.75) is 18.9 Å². The van der Waals surface area contributed by atoms with Crippen LogP contribution >= 0.6 is 11.8 Å².